The molecule has 2 atom stereocenters. The highest BCUT2D eigenvalue weighted by molar-refractivity contribution is 6.07. The number of esters is 1. The van der Waals surface area contributed by atoms with Crippen LogP contribution in [0.15, 0.2) is 97.1 Å². The first-order valence-electron chi connectivity index (χ1n) is 17.2. The average molecular weight is 660 g/mol. The van der Waals surface area contributed by atoms with Crippen LogP contribution in [0.1, 0.15) is 59.2 Å². The molecule has 0 aliphatic carbocycles. The number of rotatable bonds is 16. The van der Waals surface area contributed by atoms with Gasteiger partial charge in [0.05, 0.1) is 44.2 Å². The molecular weight excluding hydrogens is 618 g/mol. The van der Waals surface area contributed by atoms with Gasteiger partial charge in [-0.15, -0.1) is 0 Å². The van der Waals surface area contributed by atoms with E-state index in [1.165, 1.54) is 0 Å². The van der Waals surface area contributed by atoms with E-state index in [0.29, 0.717) is 48.0 Å². The first kappa shape index (κ1) is 32.6. The monoisotopic (exact) mass is 659 g/mol. The van der Waals surface area contributed by atoms with E-state index in [1.54, 1.807) is 42.3 Å². The summed E-state index contributed by atoms with van der Waals surface area (Å²) in [4.78, 5) is 28.0. The topological polar surface area (TPSA) is 90.1 Å². The summed E-state index contributed by atoms with van der Waals surface area (Å²) in [5, 5.41) is 3.90. The highest BCUT2D eigenvalue weighted by atomic mass is 16.6. The fraction of sp³-hybridized carbons (Fsp3) is 0.317. The molecule has 2 unspecified atom stereocenters. The Hall–Kier alpha value is -4.92. The second kappa shape index (κ2) is 15.1. The lowest BCUT2D eigenvalue weighted by atomic mass is 10.1. The lowest BCUT2D eigenvalue weighted by Gasteiger charge is -2.18. The van der Waals surface area contributed by atoms with Gasteiger partial charge in [-0.3, -0.25) is 4.79 Å². The van der Waals surface area contributed by atoms with Crippen LogP contribution in [0.25, 0.3) is 21.5 Å². The Morgan fingerprint density at radius 1 is 0.612 bits per heavy atom. The van der Waals surface area contributed by atoms with Gasteiger partial charge < -0.3 is 28.6 Å². The molecule has 5 aromatic carbocycles. The molecule has 8 nitrogen and oxygen atoms in total. The summed E-state index contributed by atoms with van der Waals surface area (Å²) < 4.78 is 28.0. The van der Waals surface area contributed by atoms with Gasteiger partial charge in [0.1, 0.15) is 17.2 Å². The van der Waals surface area contributed by atoms with Crippen molar-refractivity contribution in [1.82, 2.24) is 0 Å². The number of carbonyl (C=O) groups excluding carboxylic acids is 2. The van der Waals surface area contributed by atoms with Crippen LogP contribution in [0.4, 0.5) is 5.69 Å². The number of fused-ring (bicyclic) bond motifs is 2. The van der Waals surface area contributed by atoms with Crippen LogP contribution in [-0.2, 0) is 9.47 Å². The van der Waals surface area contributed by atoms with E-state index < -0.39 is 5.97 Å². The predicted octanol–water partition coefficient (Wildman–Crippen LogP) is 8.38. The van der Waals surface area contributed by atoms with Gasteiger partial charge in [0.15, 0.2) is 0 Å². The Morgan fingerprint density at radius 2 is 1.08 bits per heavy atom. The molecule has 0 radical (unpaired) electrons. The lowest BCUT2D eigenvalue weighted by molar-refractivity contribution is 0.0734. The van der Waals surface area contributed by atoms with E-state index in [4.69, 9.17) is 23.7 Å². The molecule has 2 aliphatic heterocycles. The van der Waals surface area contributed by atoms with Gasteiger partial charge in [0.2, 0.25) is 0 Å². The number of ether oxygens (including phenoxy) is 5. The Labute approximate surface area is 286 Å². The predicted molar refractivity (Wildman–Crippen MR) is 190 cm³/mol. The SMILES string of the molecule is CN(C(=O)c1ccc2cc(OCCCCC3CO3)ccc2c1)c1ccc(OC(=O)c2ccc3cc(OCCCCC4CO4)ccc3c2)cc1. The second-order valence-corrected chi connectivity index (χ2v) is 12.8. The van der Waals surface area contributed by atoms with E-state index in [-0.39, 0.29) is 5.91 Å². The minimum Gasteiger partial charge on any atom is -0.494 e. The van der Waals surface area contributed by atoms with Gasteiger partial charge in [-0.2, -0.15) is 0 Å². The molecule has 0 aromatic heterocycles. The average Bonchev–Trinajstić information content (AvgIpc) is 4.07. The largest absolute Gasteiger partial charge is 0.494 e. The summed E-state index contributed by atoms with van der Waals surface area (Å²) in [5.74, 6) is 1.45. The number of hydrogen-bond acceptors (Lipinski definition) is 7. The van der Waals surface area contributed by atoms with Crippen molar-refractivity contribution in [3.63, 3.8) is 0 Å². The fourth-order valence-electron chi connectivity index (χ4n) is 5.90. The molecule has 0 bridgehead atoms. The first-order chi connectivity index (χ1) is 24.0. The lowest BCUT2D eigenvalue weighted by Crippen LogP contribution is -2.26. The molecule has 0 N–H and O–H groups in total. The van der Waals surface area contributed by atoms with E-state index in [9.17, 15) is 9.59 Å². The van der Waals surface area contributed by atoms with Crippen LogP contribution in [0, 0.1) is 0 Å². The van der Waals surface area contributed by atoms with Gasteiger partial charge in [-0.05, 0) is 133 Å². The molecular formula is C41H41NO7. The number of carbonyl (C=O) groups is 2. The van der Waals surface area contributed by atoms with Crippen molar-refractivity contribution in [3.05, 3.63) is 108 Å². The summed E-state index contributed by atoms with van der Waals surface area (Å²) in [5.41, 5.74) is 1.72. The number of anilines is 1. The van der Waals surface area contributed by atoms with Crippen LogP contribution in [0.2, 0.25) is 0 Å². The quantitative estimate of drug-likeness (QED) is 0.0455. The first-order valence-corrected chi connectivity index (χ1v) is 17.2. The molecule has 2 aliphatic rings. The van der Waals surface area contributed by atoms with Crippen molar-refractivity contribution in [3.8, 4) is 17.2 Å². The molecule has 2 heterocycles. The summed E-state index contributed by atoms with van der Waals surface area (Å²) in [6, 6.07) is 29.9. The summed E-state index contributed by atoms with van der Waals surface area (Å²) in [6.07, 6.45) is 7.33. The third-order valence-electron chi connectivity index (χ3n) is 9.03. The number of benzene rings is 5. The zero-order valence-electron chi connectivity index (χ0n) is 27.8. The molecule has 7 rings (SSSR count). The standard InChI is InChI=1S/C41H41NO7/c1-42(40(43)32-10-8-30-24-36(16-12-28(30)22-32)45-20-4-2-6-38-26-47-38)34-14-18-35(19-15-34)49-41(44)33-11-9-31-25-37(17-13-29(31)23-33)46-21-5-3-7-39-27-48-39/h8-19,22-25,38-39H,2-7,20-21,26-27H2,1H3. The Kier molecular flexibility index (Phi) is 10.1. The molecule has 5 aromatic rings. The number of epoxide rings is 2. The maximum Gasteiger partial charge on any atom is 0.343 e. The Balaban J connectivity index is 0.910. The fourth-order valence-corrected chi connectivity index (χ4v) is 5.90. The molecule has 0 saturated carbocycles. The van der Waals surface area contributed by atoms with Crippen molar-refractivity contribution in [2.24, 2.45) is 0 Å². The number of unbranched alkanes of at least 4 members (excludes halogenated alkanes) is 2. The van der Waals surface area contributed by atoms with Crippen molar-refractivity contribution < 1.29 is 33.3 Å². The molecule has 49 heavy (non-hydrogen) atoms. The third kappa shape index (κ3) is 8.76. The highest BCUT2D eigenvalue weighted by Crippen LogP contribution is 2.27. The highest BCUT2D eigenvalue weighted by Gasteiger charge is 2.22. The zero-order chi connectivity index (χ0) is 33.6. The van der Waals surface area contributed by atoms with E-state index in [2.05, 4.69) is 0 Å². The number of amides is 1. The van der Waals surface area contributed by atoms with Crippen LogP contribution in [0.5, 0.6) is 17.2 Å². The zero-order valence-corrected chi connectivity index (χ0v) is 27.8. The smallest absolute Gasteiger partial charge is 0.343 e. The summed E-state index contributed by atoms with van der Waals surface area (Å²) >= 11 is 0. The Bertz CT molecular complexity index is 1930. The van der Waals surface area contributed by atoms with E-state index in [1.807, 2.05) is 66.7 Å². The summed E-state index contributed by atoms with van der Waals surface area (Å²) in [6.45, 7) is 3.15. The van der Waals surface area contributed by atoms with Crippen LogP contribution in [-0.4, -0.2) is 57.6 Å². The molecule has 2 fully saturated rings. The minimum atomic E-state index is -0.451. The van der Waals surface area contributed by atoms with Gasteiger partial charge >= 0.3 is 5.97 Å². The molecule has 1 amide bonds. The Morgan fingerprint density at radius 3 is 1.63 bits per heavy atom. The van der Waals surface area contributed by atoms with Crippen molar-refractivity contribution >= 4 is 39.1 Å². The van der Waals surface area contributed by atoms with Crippen LogP contribution < -0.4 is 19.1 Å². The van der Waals surface area contributed by atoms with Crippen molar-refractivity contribution in [2.45, 2.75) is 50.7 Å². The van der Waals surface area contributed by atoms with Crippen LogP contribution in [0.3, 0.4) is 0 Å². The molecule has 252 valence electrons. The van der Waals surface area contributed by atoms with Crippen molar-refractivity contribution in [2.75, 3.05) is 38.4 Å². The number of hydrogen-bond donors (Lipinski definition) is 0. The maximum absolute atomic E-state index is 13.4. The van der Waals surface area contributed by atoms with E-state index >= 15 is 0 Å². The molecule has 0 spiro atoms. The van der Waals surface area contributed by atoms with E-state index in [0.717, 1.165) is 84.8 Å². The van der Waals surface area contributed by atoms with Gasteiger partial charge in [-0.25, -0.2) is 4.79 Å². The van der Waals surface area contributed by atoms with Gasteiger partial charge in [-0.1, -0.05) is 24.3 Å². The third-order valence-corrected chi connectivity index (χ3v) is 9.03. The van der Waals surface area contributed by atoms with Gasteiger partial charge in [0.25, 0.3) is 5.91 Å². The molecule has 8 heteroatoms. The minimum absolute atomic E-state index is 0.139. The number of nitrogens with zero attached hydrogens (tertiary/aromatic N) is 1. The summed E-state index contributed by atoms with van der Waals surface area (Å²) in [7, 11) is 1.73. The molecule has 2 saturated heterocycles. The normalized spacial score (nSPS) is 16.3. The maximum atomic E-state index is 13.4. The van der Waals surface area contributed by atoms with Gasteiger partial charge in [0, 0.05) is 18.3 Å². The van der Waals surface area contributed by atoms with Crippen LogP contribution >= 0.6 is 0 Å². The van der Waals surface area contributed by atoms with Crippen molar-refractivity contribution in [1.29, 1.82) is 0 Å². The second-order valence-electron chi connectivity index (χ2n) is 12.8.